The Kier molecular flexibility index (Phi) is 5.48. The van der Waals surface area contributed by atoms with E-state index in [1.165, 1.54) is 5.56 Å². The summed E-state index contributed by atoms with van der Waals surface area (Å²) in [6.07, 6.45) is 0. The summed E-state index contributed by atoms with van der Waals surface area (Å²) in [5.41, 5.74) is 10.1. The van der Waals surface area contributed by atoms with Crippen LogP contribution in [0.25, 0.3) is 11.1 Å². The highest BCUT2D eigenvalue weighted by Gasteiger charge is 2.09. The highest BCUT2D eigenvalue weighted by Crippen LogP contribution is 2.33. The van der Waals surface area contributed by atoms with Crippen LogP contribution in [0.2, 0.25) is 10.0 Å². The number of benzene rings is 2. The number of hydrogen-bond donors (Lipinski definition) is 1. The fraction of sp³-hybridized carbons (Fsp3) is 0.143. The third-order valence-corrected chi connectivity index (χ3v) is 3.38. The molecule has 2 aromatic rings. The van der Waals surface area contributed by atoms with Crippen LogP contribution in [-0.4, -0.2) is 0 Å². The minimum Gasteiger partial charge on any atom is -0.326 e. The van der Waals surface area contributed by atoms with Crippen LogP contribution in [0.3, 0.4) is 0 Å². The first-order valence-electron chi connectivity index (χ1n) is 5.37. The fourth-order valence-corrected chi connectivity index (χ4v) is 2.44. The van der Waals surface area contributed by atoms with Gasteiger partial charge in [0.25, 0.3) is 0 Å². The van der Waals surface area contributed by atoms with E-state index in [1.807, 2.05) is 24.3 Å². The zero-order valence-corrected chi connectivity index (χ0v) is 12.2. The first-order chi connectivity index (χ1) is 8.13. The van der Waals surface area contributed by atoms with E-state index in [1.54, 1.807) is 6.07 Å². The Balaban J connectivity index is 0.00000162. The number of aryl methyl sites for hydroxylation is 1. The number of rotatable bonds is 2. The van der Waals surface area contributed by atoms with Gasteiger partial charge in [-0.05, 0) is 35.7 Å². The molecular formula is C14H14Cl3N. The molecular weight excluding hydrogens is 289 g/mol. The molecule has 0 aliphatic rings. The second-order valence-electron chi connectivity index (χ2n) is 3.93. The lowest BCUT2D eigenvalue weighted by molar-refractivity contribution is 1.05. The molecule has 0 atom stereocenters. The van der Waals surface area contributed by atoms with Crippen LogP contribution in [0, 0.1) is 6.92 Å². The summed E-state index contributed by atoms with van der Waals surface area (Å²) in [5.74, 6) is 0. The van der Waals surface area contributed by atoms with Crippen LogP contribution in [0.15, 0.2) is 36.4 Å². The monoisotopic (exact) mass is 301 g/mol. The van der Waals surface area contributed by atoms with E-state index in [-0.39, 0.29) is 12.4 Å². The molecule has 0 unspecified atom stereocenters. The van der Waals surface area contributed by atoms with Gasteiger partial charge in [0.05, 0.1) is 0 Å². The molecule has 4 heteroatoms. The van der Waals surface area contributed by atoms with Gasteiger partial charge in [0.15, 0.2) is 0 Å². The molecule has 0 aliphatic heterocycles. The molecule has 18 heavy (non-hydrogen) atoms. The maximum Gasteiger partial charge on any atom is 0.0499 e. The van der Waals surface area contributed by atoms with Crippen molar-refractivity contribution < 1.29 is 0 Å². The Labute approximate surface area is 123 Å². The normalized spacial score (nSPS) is 10.0. The molecule has 96 valence electrons. The molecule has 0 saturated heterocycles. The van der Waals surface area contributed by atoms with Gasteiger partial charge in [-0.15, -0.1) is 12.4 Å². The van der Waals surface area contributed by atoms with Crippen LogP contribution in [0.5, 0.6) is 0 Å². The smallest absolute Gasteiger partial charge is 0.0499 e. The van der Waals surface area contributed by atoms with Gasteiger partial charge < -0.3 is 5.73 Å². The highest BCUT2D eigenvalue weighted by atomic mass is 35.5. The van der Waals surface area contributed by atoms with Crippen LogP contribution in [-0.2, 0) is 6.54 Å². The van der Waals surface area contributed by atoms with Crippen molar-refractivity contribution in [1.29, 1.82) is 0 Å². The Morgan fingerprint density at radius 3 is 2.39 bits per heavy atom. The van der Waals surface area contributed by atoms with Gasteiger partial charge in [0.2, 0.25) is 0 Å². The molecule has 0 radical (unpaired) electrons. The van der Waals surface area contributed by atoms with Crippen molar-refractivity contribution in [2.75, 3.05) is 0 Å². The average molecular weight is 303 g/mol. The molecule has 0 fully saturated rings. The maximum absolute atomic E-state index is 6.22. The summed E-state index contributed by atoms with van der Waals surface area (Å²) in [5, 5.41) is 1.29. The van der Waals surface area contributed by atoms with Crippen molar-refractivity contribution in [2.45, 2.75) is 13.5 Å². The Morgan fingerprint density at radius 1 is 1.06 bits per heavy atom. The van der Waals surface area contributed by atoms with Crippen molar-refractivity contribution in [3.05, 3.63) is 57.6 Å². The number of nitrogens with two attached hydrogens (primary N) is 1. The predicted octanol–water partition coefficient (Wildman–Crippen LogP) is 4.85. The third-order valence-electron chi connectivity index (χ3n) is 2.84. The van der Waals surface area contributed by atoms with Crippen molar-refractivity contribution in [1.82, 2.24) is 0 Å². The number of hydrogen-bond acceptors (Lipinski definition) is 1. The average Bonchev–Trinajstić information content (AvgIpc) is 2.29. The van der Waals surface area contributed by atoms with Gasteiger partial charge in [-0.25, -0.2) is 0 Å². The lowest BCUT2D eigenvalue weighted by Crippen LogP contribution is -2.01. The second-order valence-corrected chi connectivity index (χ2v) is 4.77. The van der Waals surface area contributed by atoms with E-state index in [0.29, 0.717) is 16.6 Å². The first kappa shape index (κ1) is 15.3. The fourth-order valence-electron chi connectivity index (χ4n) is 1.93. The second kappa shape index (κ2) is 6.44. The van der Waals surface area contributed by atoms with E-state index in [9.17, 15) is 0 Å². The summed E-state index contributed by atoms with van der Waals surface area (Å²) >= 11 is 12.1. The minimum atomic E-state index is 0. The molecule has 0 aliphatic carbocycles. The molecule has 0 heterocycles. The topological polar surface area (TPSA) is 26.0 Å². The predicted molar refractivity (Wildman–Crippen MR) is 81.8 cm³/mol. The zero-order valence-electron chi connectivity index (χ0n) is 9.91. The van der Waals surface area contributed by atoms with E-state index in [0.717, 1.165) is 16.7 Å². The van der Waals surface area contributed by atoms with Gasteiger partial charge in [0.1, 0.15) is 0 Å². The zero-order chi connectivity index (χ0) is 12.4. The Bertz CT molecular complexity index is 553. The Hall–Kier alpha value is -0.730. The molecule has 1 nitrogen and oxygen atoms in total. The van der Waals surface area contributed by atoms with Crippen LogP contribution in [0.4, 0.5) is 0 Å². The molecule has 2 rings (SSSR count). The maximum atomic E-state index is 6.22. The van der Waals surface area contributed by atoms with Crippen LogP contribution < -0.4 is 5.73 Å². The van der Waals surface area contributed by atoms with Gasteiger partial charge in [-0.1, -0.05) is 47.5 Å². The van der Waals surface area contributed by atoms with Crippen molar-refractivity contribution in [2.24, 2.45) is 5.73 Å². The molecule has 0 aromatic heterocycles. The standard InChI is InChI=1S/C14H13Cl2N.ClH/c1-9-3-2-4-11(13(9)8-17)12-6-5-10(15)7-14(12)16;/h2-7H,8,17H2,1H3;1H. The molecule has 2 aromatic carbocycles. The van der Waals surface area contributed by atoms with Gasteiger partial charge in [-0.3, -0.25) is 0 Å². The molecule has 2 N–H and O–H groups in total. The molecule has 0 spiro atoms. The van der Waals surface area contributed by atoms with Crippen LogP contribution >= 0.6 is 35.6 Å². The van der Waals surface area contributed by atoms with Gasteiger partial charge >= 0.3 is 0 Å². The van der Waals surface area contributed by atoms with E-state index < -0.39 is 0 Å². The number of halogens is 3. The lowest BCUT2D eigenvalue weighted by Gasteiger charge is -2.12. The SMILES string of the molecule is Cc1cccc(-c2ccc(Cl)cc2Cl)c1CN.Cl. The van der Waals surface area contributed by atoms with Gasteiger partial charge in [0, 0.05) is 22.2 Å². The quantitative estimate of drug-likeness (QED) is 0.843. The summed E-state index contributed by atoms with van der Waals surface area (Å²) in [6.45, 7) is 2.55. The summed E-state index contributed by atoms with van der Waals surface area (Å²) in [4.78, 5) is 0. The van der Waals surface area contributed by atoms with Crippen LogP contribution in [0.1, 0.15) is 11.1 Å². The summed E-state index contributed by atoms with van der Waals surface area (Å²) in [7, 11) is 0. The highest BCUT2D eigenvalue weighted by molar-refractivity contribution is 6.36. The molecule has 0 saturated carbocycles. The minimum absolute atomic E-state index is 0. The summed E-state index contributed by atoms with van der Waals surface area (Å²) in [6, 6.07) is 11.6. The molecule has 0 bridgehead atoms. The third kappa shape index (κ3) is 2.99. The lowest BCUT2D eigenvalue weighted by atomic mass is 9.96. The van der Waals surface area contributed by atoms with Crippen molar-refractivity contribution in [3.63, 3.8) is 0 Å². The van der Waals surface area contributed by atoms with E-state index in [4.69, 9.17) is 28.9 Å². The van der Waals surface area contributed by atoms with E-state index in [2.05, 4.69) is 13.0 Å². The van der Waals surface area contributed by atoms with Crippen molar-refractivity contribution in [3.8, 4) is 11.1 Å². The van der Waals surface area contributed by atoms with Crippen molar-refractivity contribution >= 4 is 35.6 Å². The largest absolute Gasteiger partial charge is 0.326 e. The first-order valence-corrected chi connectivity index (χ1v) is 6.13. The Morgan fingerprint density at radius 2 is 1.78 bits per heavy atom. The molecule has 0 amide bonds. The van der Waals surface area contributed by atoms with E-state index >= 15 is 0 Å². The summed E-state index contributed by atoms with van der Waals surface area (Å²) < 4.78 is 0. The van der Waals surface area contributed by atoms with Gasteiger partial charge in [-0.2, -0.15) is 0 Å².